The average Bonchev–Trinajstić information content (AvgIpc) is 3.27. The van der Waals surface area contributed by atoms with Gasteiger partial charge in [-0.2, -0.15) is 4.31 Å². The first-order chi connectivity index (χ1) is 14.9. The molecule has 1 N–H and O–H groups in total. The Kier molecular flexibility index (Phi) is 7.56. The zero-order valence-electron chi connectivity index (χ0n) is 18.3. The first kappa shape index (κ1) is 23.1. The first-order valence-corrected chi connectivity index (χ1v) is 12.1. The monoisotopic (exact) mass is 446 g/mol. The molecule has 0 aliphatic heterocycles. The predicted molar refractivity (Wildman–Crippen MR) is 120 cm³/mol. The Bertz CT molecular complexity index is 1010. The van der Waals surface area contributed by atoms with Gasteiger partial charge in [-0.25, -0.2) is 8.42 Å². The third-order valence-electron chi connectivity index (χ3n) is 5.46. The summed E-state index contributed by atoms with van der Waals surface area (Å²) >= 11 is 0. The molecule has 0 spiro atoms. The largest absolute Gasteiger partial charge is 0.496 e. The van der Waals surface area contributed by atoms with Crippen molar-refractivity contribution in [2.24, 2.45) is 0 Å². The van der Waals surface area contributed by atoms with Crippen LogP contribution >= 0.6 is 0 Å². The fourth-order valence-corrected chi connectivity index (χ4v) is 5.27. The van der Waals surface area contributed by atoms with Crippen LogP contribution in [0.15, 0.2) is 47.4 Å². The summed E-state index contributed by atoms with van der Waals surface area (Å²) in [7, 11) is -2.25. The molecule has 7 nitrogen and oxygen atoms in total. The van der Waals surface area contributed by atoms with Crippen LogP contribution in [0.5, 0.6) is 11.5 Å². The fourth-order valence-electron chi connectivity index (χ4n) is 3.78. The highest BCUT2D eigenvalue weighted by Gasteiger charge is 2.24. The Balaban J connectivity index is 1.84. The maximum Gasteiger partial charge on any atom is 0.259 e. The van der Waals surface area contributed by atoms with E-state index in [0.29, 0.717) is 30.3 Å². The zero-order chi connectivity index (χ0) is 22.4. The second kappa shape index (κ2) is 10.2. The maximum absolute atomic E-state index is 13.0. The van der Waals surface area contributed by atoms with E-state index in [1.807, 2.05) is 12.1 Å². The molecule has 0 heterocycles. The molecule has 0 saturated heterocycles. The summed E-state index contributed by atoms with van der Waals surface area (Å²) in [6.45, 7) is 4.25. The van der Waals surface area contributed by atoms with Crippen LogP contribution in [0.1, 0.15) is 49.9 Å². The molecule has 31 heavy (non-hydrogen) atoms. The van der Waals surface area contributed by atoms with Gasteiger partial charge in [-0.05, 0) is 56.0 Å². The van der Waals surface area contributed by atoms with Crippen LogP contribution in [0.3, 0.4) is 0 Å². The van der Waals surface area contributed by atoms with Crippen molar-refractivity contribution in [3.63, 3.8) is 0 Å². The number of carbonyl (C=O) groups is 1. The quantitative estimate of drug-likeness (QED) is 0.621. The Morgan fingerprint density at radius 3 is 2.45 bits per heavy atom. The van der Waals surface area contributed by atoms with E-state index in [1.165, 1.54) is 42.5 Å². The zero-order valence-corrected chi connectivity index (χ0v) is 19.1. The molecule has 2 aromatic carbocycles. The summed E-state index contributed by atoms with van der Waals surface area (Å²) in [5, 5.41) is 2.83. The summed E-state index contributed by atoms with van der Waals surface area (Å²) in [6.07, 6.45) is 4.65. The van der Waals surface area contributed by atoms with Gasteiger partial charge in [0, 0.05) is 24.8 Å². The van der Waals surface area contributed by atoms with E-state index < -0.39 is 15.9 Å². The van der Waals surface area contributed by atoms with E-state index >= 15 is 0 Å². The Morgan fingerprint density at radius 1 is 1.10 bits per heavy atom. The van der Waals surface area contributed by atoms with E-state index in [1.54, 1.807) is 26.0 Å². The number of carbonyl (C=O) groups excluding carboxylic acids is 1. The van der Waals surface area contributed by atoms with Crippen LogP contribution in [0.2, 0.25) is 0 Å². The topological polar surface area (TPSA) is 84.9 Å². The van der Waals surface area contributed by atoms with Crippen LogP contribution in [0.4, 0.5) is 5.69 Å². The van der Waals surface area contributed by atoms with E-state index in [9.17, 15) is 13.2 Å². The van der Waals surface area contributed by atoms with Crippen molar-refractivity contribution in [1.29, 1.82) is 0 Å². The molecule has 8 heteroatoms. The number of sulfonamides is 1. The lowest BCUT2D eigenvalue weighted by Gasteiger charge is -2.19. The van der Waals surface area contributed by atoms with Gasteiger partial charge >= 0.3 is 0 Å². The van der Waals surface area contributed by atoms with Crippen molar-refractivity contribution in [1.82, 2.24) is 4.31 Å². The van der Waals surface area contributed by atoms with E-state index in [0.717, 1.165) is 12.8 Å². The number of hydrogen-bond donors (Lipinski definition) is 1. The van der Waals surface area contributed by atoms with E-state index in [2.05, 4.69) is 5.32 Å². The summed E-state index contributed by atoms with van der Waals surface area (Å²) in [4.78, 5) is 13.1. The van der Waals surface area contributed by atoms with E-state index in [-0.39, 0.29) is 16.6 Å². The van der Waals surface area contributed by atoms with Gasteiger partial charge in [-0.15, -0.1) is 0 Å². The van der Waals surface area contributed by atoms with Crippen molar-refractivity contribution in [3.05, 3.63) is 48.0 Å². The molecule has 0 radical (unpaired) electrons. The van der Waals surface area contributed by atoms with Crippen LogP contribution in [0, 0.1) is 0 Å². The highest BCUT2D eigenvalue weighted by Crippen LogP contribution is 2.28. The molecule has 1 aliphatic carbocycles. The molecular weight excluding hydrogens is 416 g/mol. The molecule has 2 aromatic rings. The van der Waals surface area contributed by atoms with Gasteiger partial charge in [0.05, 0.1) is 23.7 Å². The smallest absolute Gasteiger partial charge is 0.259 e. The molecule has 1 aliphatic rings. The normalized spacial score (nSPS) is 14.6. The lowest BCUT2D eigenvalue weighted by atomic mass is 10.1. The van der Waals surface area contributed by atoms with Gasteiger partial charge in [0.1, 0.15) is 11.5 Å². The minimum absolute atomic E-state index is 0.0560. The number of ether oxygens (including phenoxy) is 2. The first-order valence-electron chi connectivity index (χ1n) is 10.6. The number of nitrogens with zero attached hydrogens (tertiary/aromatic N) is 1. The summed E-state index contributed by atoms with van der Waals surface area (Å²) < 4.78 is 38.4. The lowest BCUT2D eigenvalue weighted by Crippen LogP contribution is -2.30. The molecule has 0 unspecified atom stereocenters. The minimum atomic E-state index is -3.70. The molecule has 1 amide bonds. The van der Waals surface area contributed by atoms with Crippen molar-refractivity contribution in [2.45, 2.75) is 50.5 Å². The van der Waals surface area contributed by atoms with Crippen LogP contribution < -0.4 is 14.8 Å². The molecule has 168 valence electrons. The number of methoxy groups -OCH3 is 1. The van der Waals surface area contributed by atoms with Gasteiger partial charge in [0.25, 0.3) is 5.91 Å². The predicted octanol–water partition coefficient (Wildman–Crippen LogP) is 4.30. The van der Waals surface area contributed by atoms with Crippen LogP contribution in [-0.4, -0.2) is 44.9 Å². The number of anilines is 1. The van der Waals surface area contributed by atoms with Gasteiger partial charge < -0.3 is 14.8 Å². The molecular formula is C23H30N2O5S. The van der Waals surface area contributed by atoms with Crippen molar-refractivity contribution >= 4 is 21.6 Å². The number of hydrogen-bond acceptors (Lipinski definition) is 5. The number of amides is 1. The van der Waals surface area contributed by atoms with E-state index in [4.69, 9.17) is 9.47 Å². The molecule has 0 bridgehead atoms. The Morgan fingerprint density at radius 2 is 1.81 bits per heavy atom. The third kappa shape index (κ3) is 5.37. The SMILES string of the molecule is CCN(CC)S(=O)(=O)c1ccc(OC)c(C(=O)Nc2cccc(OC3CCCC3)c2)c1. The standard InChI is InChI=1S/C23H30N2O5S/c1-4-25(5-2)31(27,28)20-13-14-22(29-3)21(16-20)23(26)24-17-9-8-12-19(15-17)30-18-10-6-7-11-18/h8-9,12-16,18H,4-7,10-11H2,1-3H3,(H,24,26). The van der Waals surface area contributed by atoms with Crippen molar-refractivity contribution < 1.29 is 22.7 Å². The second-order valence-corrected chi connectivity index (χ2v) is 9.40. The second-order valence-electron chi connectivity index (χ2n) is 7.46. The highest BCUT2D eigenvalue weighted by atomic mass is 32.2. The number of nitrogens with one attached hydrogen (secondary N) is 1. The van der Waals surface area contributed by atoms with Gasteiger partial charge in [0.2, 0.25) is 10.0 Å². The summed E-state index contributed by atoms with van der Waals surface area (Å²) in [6, 6.07) is 11.6. The average molecular weight is 447 g/mol. The molecule has 0 aromatic heterocycles. The number of benzene rings is 2. The summed E-state index contributed by atoms with van der Waals surface area (Å²) in [5.41, 5.74) is 0.720. The Labute approximate surface area is 184 Å². The molecule has 0 atom stereocenters. The molecule has 1 saturated carbocycles. The van der Waals surface area contributed by atoms with Crippen LogP contribution in [-0.2, 0) is 10.0 Å². The maximum atomic E-state index is 13.0. The van der Waals surface area contributed by atoms with Gasteiger partial charge in [-0.3, -0.25) is 4.79 Å². The Hall–Kier alpha value is -2.58. The summed E-state index contributed by atoms with van der Waals surface area (Å²) in [5.74, 6) is 0.551. The minimum Gasteiger partial charge on any atom is -0.496 e. The van der Waals surface area contributed by atoms with Crippen LogP contribution in [0.25, 0.3) is 0 Å². The van der Waals surface area contributed by atoms with Crippen molar-refractivity contribution in [2.75, 3.05) is 25.5 Å². The lowest BCUT2D eigenvalue weighted by molar-refractivity contribution is 0.102. The molecule has 3 rings (SSSR count). The van der Waals surface area contributed by atoms with Crippen molar-refractivity contribution in [3.8, 4) is 11.5 Å². The van der Waals surface area contributed by atoms with Gasteiger partial charge in [-0.1, -0.05) is 19.9 Å². The molecule has 1 fully saturated rings. The fraction of sp³-hybridized carbons (Fsp3) is 0.435. The van der Waals surface area contributed by atoms with Gasteiger partial charge in [0.15, 0.2) is 0 Å². The number of rotatable bonds is 9. The highest BCUT2D eigenvalue weighted by molar-refractivity contribution is 7.89. The third-order valence-corrected chi connectivity index (χ3v) is 7.50.